The van der Waals surface area contributed by atoms with Gasteiger partial charge in [0.15, 0.2) is 11.5 Å². The van der Waals surface area contributed by atoms with Gasteiger partial charge in [0.1, 0.15) is 11.4 Å². The van der Waals surface area contributed by atoms with Gasteiger partial charge in [-0.2, -0.15) is 5.10 Å². The van der Waals surface area contributed by atoms with Gasteiger partial charge in [-0.15, -0.1) is 0 Å². The fraction of sp³-hybridized carbons (Fsp3) is 0.200. The fourth-order valence-electron chi connectivity index (χ4n) is 2.98. The molecule has 0 fully saturated rings. The molecule has 3 rings (SSSR count). The maximum Gasteiger partial charge on any atom is 0.343 e. The highest BCUT2D eigenvalue weighted by Gasteiger charge is 2.18. The second-order valence-corrected chi connectivity index (χ2v) is 6.98. The quantitative estimate of drug-likeness (QED) is 0.223. The molecular weight excluding hydrogens is 438 g/mol. The van der Waals surface area contributed by atoms with Crippen molar-refractivity contribution in [3.8, 4) is 23.0 Å². The van der Waals surface area contributed by atoms with Crippen LogP contribution in [0.25, 0.3) is 0 Å². The number of carbonyl (C=O) groups excluding carboxylic acids is 2. The van der Waals surface area contributed by atoms with Crippen LogP contribution in [0.1, 0.15) is 38.9 Å². The van der Waals surface area contributed by atoms with Crippen molar-refractivity contribution >= 4 is 18.1 Å². The maximum absolute atomic E-state index is 12.6. The average Bonchev–Trinajstić information content (AvgIpc) is 2.88. The van der Waals surface area contributed by atoms with Crippen molar-refractivity contribution < 1.29 is 28.5 Å². The van der Waals surface area contributed by atoms with Crippen LogP contribution in [-0.2, 0) is 6.42 Å². The van der Waals surface area contributed by atoms with E-state index < -0.39 is 11.9 Å². The van der Waals surface area contributed by atoms with E-state index in [0.717, 1.165) is 12.0 Å². The molecule has 0 aliphatic heterocycles. The summed E-state index contributed by atoms with van der Waals surface area (Å²) in [4.78, 5) is 28.8. The Labute approximate surface area is 197 Å². The molecular formula is C25H25N3O6. The highest BCUT2D eigenvalue weighted by Crippen LogP contribution is 2.38. The van der Waals surface area contributed by atoms with E-state index in [1.54, 1.807) is 36.5 Å². The molecule has 34 heavy (non-hydrogen) atoms. The number of esters is 1. The number of nitrogens with zero attached hydrogens (tertiary/aromatic N) is 2. The number of hydrogen-bond acceptors (Lipinski definition) is 8. The Hall–Kier alpha value is -4.40. The van der Waals surface area contributed by atoms with Crippen molar-refractivity contribution in [3.63, 3.8) is 0 Å². The van der Waals surface area contributed by atoms with E-state index >= 15 is 0 Å². The lowest BCUT2D eigenvalue weighted by Crippen LogP contribution is -2.18. The Bertz CT molecular complexity index is 1150. The van der Waals surface area contributed by atoms with Crippen molar-refractivity contribution in [1.29, 1.82) is 0 Å². The molecule has 0 aliphatic rings. The van der Waals surface area contributed by atoms with Crippen LogP contribution in [0.15, 0.2) is 59.8 Å². The molecule has 176 valence electrons. The number of amides is 1. The lowest BCUT2D eigenvalue weighted by molar-refractivity contribution is 0.0733. The molecule has 9 heteroatoms. The SMILES string of the molecule is CCc1ccc(C(=O)N/N=C/c2ccc(OC(=O)c3cc(OC)c(OC)c(OC)c3)cc2)nc1. The van der Waals surface area contributed by atoms with E-state index in [-0.39, 0.29) is 11.3 Å². The van der Waals surface area contributed by atoms with Crippen molar-refractivity contribution in [2.75, 3.05) is 21.3 Å². The normalized spacial score (nSPS) is 10.6. The summed E-state index contributed by atoms with van der Waals surface area (Å²) in [5.74, 6) is 0.411. The number of ether oxygens (including phenoxy) is 4. The zero-order valence-corrected chi connectivity index (χ0v) is 19.3. The van der Waals surface area contributed by atoms with E-state index in [4.69, 9.17) is 18.9 Å². The molecule has 0 saturated carbocycles. The van der Waals surface area contributed by atoms with Crippen molar-refractivity contribution in [2.45, 2.75) is 13.3 Å². The van der Waals surface area contributed by atoms with Gasteiger partial charge in [0.25, 0.3) is 5.91 Å². The number of hydrazone groups is 1. The van der Waals surface area contributed by atoms with Crippen LogP contribution >= 0.6 is 0 Å². The predicted molar refractivity (Wildman–Crippen MR) is 126 cm³/mol. The number of aryl methyl sites for hydroxylation is 1. The molecule has 0 radical (unpaired) electrons. The molecule has 0 aliphatic carbocycles. The predicted octanol–water partition coefficient (Wildman–Crippen LogP) is 3.65. The van der Waals surface area contributed by atoms with Crippen LogP contribution in [0.3, 0.4) is 0 Å². The number of hydrogen-bond donors (Lipinski definition) is 1. The molecule has 1 heterocycles. The van der Waals surface area contributed by atoms with E-state index in [1.807, 2.05) is 13.0 Å². The van der Waals surface area contributed by atoms with E-state index in [1.165, 1.54) is 39.7 Å². The highest BCUT2D eigenvalue weighted by atomic mass is 16.5. The molecule has 0 atom stereocenters. The number of carbonyl (C=O) groups is 2. The Balaban J connectivity index is 1.62. The Morgan fingerprint density at radius 2 is 1.65 bits per heavy atom. The summed E-state index contributed by atoms with van der Waals surface area (Å²) in [6.07, 6.45) is 3.99. The number of nitrogens with one attached hydrogen (secondary N) is 1. The number of benzene rings is 2. The first-order valence-corrected chi connectivity index (χ1v) is 10.4. The molecule has 0 saturated heterocycles. The fourth-order valence-corrected chi connectivity index (χ4v) is 2.98. The smallest absolute Gasteiger partial charge is 0.343 e. The third kappa shape index (κ3) is 5.89. The van der Waals surface area contributed by atoms with Gasteiger partial charge >= 0.3 is 5.97 Å². The summed E-state index contributed by atoms with van der Waals surface area (Å²) in [5, 5.41) is 3.94. The number of rotatable bonds is 9. The highest BCUT2D eigenvalue weighted by molar-refractivity contribution is 5.94. The maximum atomic E-state index is 12.6. The van der Waals surface area contributed by atoms with Gasteiger partial charge in [-0.05, 0) is 60.0 Å². The van der Waals surface area contributed by atoms with Crippen LogP contribution in [-0.4, -0.2) is 44.4 Å². The van der Waals surface area contributed by atoms with Crippen LogP contribution in [0.4, 0.5) is 0 Å². The summed E-state index contributed by atoms with van der Waals surface area (Å²) in [5.41, 5.74) is 4.70. The van der Waals surface area contributed by atoms with Gasteiger partial charge in [-0.3, -0.25) is 9.78 Å². The standard InChI is InChI=1S/C25H25N3O6/c1-5-16-8-11-20(26-14-16)24(29)28-27-15-17-6-9-19(10-7-17)34-25(30)18-12-21(31-2)23(33-4)22(13-18)32-3/h6-15H,5H2,1-4H3,(H,28,29)/b27-15+. The van der Waals surface area contributed by atoms with E-state index in [2.05, 4.69) is 15.5 Å². The first kappa shape index (κ1) is 24.2. The zero-order chi connectivity index (χ0) is 24.5. The van der Waals surface area contributed by atoms with Crippen molar-refractivity contribution in [2.24, 2.45) is 5.10 Å². The molecule has 0 unspecified atom stereocenters. The largest absolute Gasteiger partial charge is 0.493 e. The minimum absolute atomic E-state index is 0.239. The number of aromatic nitrogens is 1. The van der Waals surface area contributed by atoms with Crippen molar-refractivity contribution in [1.82, 2.24) is 10.4 Å². The second kappa shape index (κ2) is 11.5. The van der Waals surface area contributed by atoms with Crippen LogP contribution in [0.5, 0.6) is 23.0 Å². The Kier molecular flexibility index (Phi) is 8.17. The van der Waals surface area contributed by atoms with Gasteiger partial charge < -0.3 is 18.9 Å². The lowest BCUT2D eigenvalue weighted by Gasteiger charge is -2.13. The van der Waals surface area contributed by atoms with E-state index in [9.17, 15) is 9.59 Å². The third-order valence-corrected chi connectivity index (χ3v) is 4.84. The zero-order valence-electron chi connectivity index (χ0n) is 19.3. The number of methoxy groups -OCH3 is 3. The summed E-state index contributed by atoms with van der Waals surface area (Å²) in [6.45, 7) is 2.01. The van der Waals surface area contributed by atoms with Crippen LogP contribution in [0, 0.1) is 0 Å². The monoisotopic (exact) mass is 463 g/mol. The Morgan fingerprint density at radius 3 is 2.18 bits per heavy atom. The summed E-state index contributed by atoms with van der Waals surface area (Å²) >= 11 is 0. The summed E-state index contributed by atoms with van der Waals surface area (Å²) in [7, 11) is 4.41. The second-order valence-electron chi connectivity index (χ2n) is 6.98. The number of pyridine rings is 1. The molecule has 0 spiro atoms. The molecule has 3 aromatic rings. The minimum atomic E-state index is -0.588. The topological polar surface area (TPSA) is 108 Å². The molecule has 1 amide bonds. The first-order valence-electron chi connectivity index (χ1n) is 10.4. The average molecular weight is 463 g/mol. The third-order valence-electron chi connectivity index (χ3n) is 4.84. The molecule has 0 bridgehead atoms. The summed E-state index contributed by atoms with van der Waals surface area (Å²) in [6, 6.07) is 13.2. The minimum Gasteiger partial charge on any atom is -0.493 e. The molecule has 9 nitrogen and oxygen atoms in total. The molecule has 1 N–H and O–H groups in total. The van der Waals surface area contributed by atoms with Crippen molar-refractivity contribution in [3.05, 3.63) is 77.1 Å². The van der Waals surface area contributed by atoms with Gasteiger partial charge in [-0.25, -0.2) is 10.2 Å². The Morgan fingerprint density at radius 1 is 0.971 bits per heavy atom. The van der Waals surface area contributed by atoms with Gasteiger partial charge in [0.2, 0.25) is 5.75 Å². The molecule has 1 aromatic heterocycles. The van der Waals surface area contributed by atoms with Crippen LogP contribution < -0.4 is 24.4 Å². The van der Waals surface area contributed by atoms with Gasteiger partial charge in [-0.1, -0.05) is 13.0 Å². The lowest BCUT2D eigenvalue weighted by atomic mass is 10.2. The summed E-state index contributed by atoms with van der Waals surface area (Å²) < 4.78 is 21.2. The molecule has 2 aromatic carbocycles. The van der Waals surface area contributed by atoms with Gasteiger partial charge in [0.05, 0.1) is 33.1 Å². The van der Waals surface area contributed by atoms with Crippen LogP contribution in [0.2, 0.25) is 0 Å². The van der Waals surface area contributed by atoms with E-state index in [0.29, 0.717) is 28.6 Å². The van der Waals surface area contributed by atoms with Gasteiger partial charge in [0, 0.05) is 6.20 Å². The first-order chi connectivity index (χ1) is 16.5.